The molecule has 1 aromatic carbocycles. The summed E-state index contributed by atoms with van der Waals surface area (Å²) in [4.78, 5) is 23.5. The molecular weight excluding hydrogens is 370 g/mol. The summed E-state index contributed by atoms with van der Waals surface area (Å²) in [6.07, 6.45) is 1.49. The number of hydrogen-bond acceptors (Lipinski definition) is 5. The molecule has 3 N–H and O–H groups in total. The first-order chi connectivity index (χ1) is 12.7. The molecule has 0 unspecified atom stereocenters. The third kappa shape index (κ3) is 5.93. The maximum Gasteiger partial charge on any atom is 0.241 e. The van der Waals surface area contributed by atoms with Crippen molar-refractivity contribution in [3.63, 3.8) is 0 Å². The highest BCUT2D eigenvalue weighted by Crippen LogP contribution is 2.16. The second-order valence-corrected chi connectivity index (χ2v) is 8.06. The van der Waals surface area contributed by atoms with E-state index < -0.39 is 22.0 Å². The molecule has 1 atom stereocenters. The van der Waals surface area contributed by atoms with Crippen LogP contribution in [0, 0.1) is 5.92 Å². The van der Waals surface area contributed by atoms with Crippen LogP contribution in [0.25, 0.3) is 0 Å². The van der Waals surface area contributed by atoms with Gasteiger partial charge >= 0.3 is 0 Å². The summed E-state index contributed by atoms with van der Waals surface area (Å²) in [5.74, 6) is -0.394. The maximum absolute atomic E-state index is 12.6. The quantitative estimate of drug-likeness (QED) is 0.633. The average molecular weight is 393 g/mol. The second kappa shape index (κ2) is 8.83. The monoisotopic (exact) mass is 393 g/mol. The lowest BCUT2D eigenvalue weighted by atomic mass is 10.1. The van der Waals surface area contributed by atoms with Crippen LogP contribution in [0.3, 0.4) is 0 Å². The molecule has 0 aliphatic carbocycles. The molecule has 0 bridgehead atoms. The van der Waals surface area contributed by atoms with Crippen molar-refractivity contribution in [2.45, 2.75) is 38.3 Å². The Labute approximate surface area is 158 Å². The number of furan rings is 1. The van der Waals surface area contributed by atoms with Crippen LogP contribution in [0.4, 0.5) is 5.69 Å². The Kier molecular flexibility index (Phi) is 6.75. The number of carbonyl (C=O) groups is 2. The lowest BCUT2D eigenvalue weighted by Crippen LogP contribution is -2.49. The van der Waals surface area contributed by atoms with Gasteiger partial charge in [-0.2, -0.15) is 4.72 Å². The van der Waals surface area contributed by atoms with Gasteiger partial charge in [0.25, 0.3) is 0 Å². The molecule has 146 valence electrons. The van der Waals surface area contributed by atoms with Crippen LogP contribution >= 0.6 is 0 Å². The van der Waals surface area contributed by atoms with Crippen molar-refractivity contribution in [3.8, 4) is 0 Å². The Morgan fingerprint density at radius 1 is 1.11 bits per heavy atom. The highest BCUT2D eigenvalue weighted by Gasteiger charge is 2.28. The van der Waals surface area contributed by atoms with Crippen LogP contribution < -0.4 is 15.4 Å². The second-order valence-electron chi connectivity index (χ2n) is 6.35. The number of amides is 2. The molecule has 0 saturated carbocycles. The zero-order chi connectivity index (χ0) is 20.0. The Morgan fingerprint density at radius 2 is 1.78 bits per heavy atom. The fraction of sp³-hybridized carbons (Fsp3) is 0.333. The van der Waals surface area contributed by atoms with Gasteiger partial charge < -0.3 is 15.1 Å². The molecule has 0 radical (unpaired) electrons. The van der Waals surface area contributed by atoms with Crippen molar-refractivity contribution in [2.24, 2.45) is 5.92 Å². The Balaban J connectivity index is 2.08. The zero-order valence-corrected chi connectivity index (χ0v) is 16.2. The summed E-state index contributed by atoms with van der Waals surface area (Å²) in [6.45, 7) is 5.03. The van der Waals surface area contributed by atoms with Crippen molar-refractivity contribution in [1.29, 1.82) is 0 Å². The number of benzene rings is 1. The number of anilines is 1. The van der Waals surface area contributed by atoms with E-state index in [0.717, 1.165) is 0 Å². The number of hydrogen-bond donors (Lipinski definition) is 3. The van der Waals surface area contributed by atoms with Crippen LogP contribution in [0.5, 0.6) is 0 Å². The predicted octanol–water partition coefficient (Wildman–Crippen LogP) is 1.86. The van der Waals surface area contributed by atoms with Gasteiger partial charge in [-0.1, -0.05) is 13.8 Å². The average Bonchev–Trinajstić information content (AvgIpc) is 3.11. The lowest BCUT2D eigenvalue weighted by molar-refractivity contribution is -0.124. The number of sulfonamides is 1. The summed E-state index contributed by atoms with van der Waals surface area (Å²) >= 11 is 0. The van der Waals surface area contributed by atoms with Crippen LogP contribution in [-0.4, -0.2) is 26.3 Å². The van der Waals surface area contributed by atoms with Gasteiger partial charge in [0.2, 0.25) is 21.8 Å². The van der Waals surface area contributed by atoms with E-state index in [-0.39, 0.29) is 23.3 Å². The molecule has 0 fully saturated rings. The van der Waals surface area contributed by atoms with Gasteiger partial charge in [-0.05, 0) is 42.3 Å². The van der Waals surface area contributed by atoms with E-state index in [1.165, 1.54) is 37.5 Å². The highest BCUT2D eigenvalue weighted by atomic mass is 32.2. The van der Waals surface area contributed by atoms with Crippen LogP contribution in [0.15, 0.2) is 52.0 Å². The minimum atomic E-state index is -3.91. The molecule has 27 heavy (non-hydrogen) atoms. The topological polar surface area (TPSA) is 118 Å². The standard InChI is InChI=1S/C18H23N3O5S/c1-12(2)17(18(23)19-11-15-5-4-10-26-15)21-27(24,25)16-8-6-14(7-9-16)20-13(3)22/h4-10,12,17,21H,11H2,1-3H3,(H,19,23)(H,20,22)/t17-/m0/s1. The molecule has 2 amide bonds. The van der Waals surface area contributed by atoms with E-state index in [9.17, 15) is 18.0 Å². The molecule has 2 aromatic rings. The predicted molar refractivity (Wildman–Crippen MR) is 100 cm³/mol. The minimum Gasteiger partial charge on any atom is -0.467 e. The Bertz CT molecular complexity index is 874. The van der Waals surface area contributed by atoms with E-state index in [4.69, 9.17) is 4.42 Å². The van der Waals surface area contributed by atoms with E-state index in [1.54, 1.807) is 26.0 Å². The van der Waals surface area contributed by atoms with Crippen LogP contribution in [0.1, 0.15) is 26.5 Å². The third-order valence-electron chi connectivity index (χ3n) is 3.73. The Morgan fingerprint density at radius 3 is 2.30 bits per heavy atom. The number of nitrogens with one attached hydrogen (secondary N) is 3. The molecule has 1 heterocycles. The molecule has 0 aliphatic rings. The molecule has 1 aromatic heterocycles. The van der Waals surface area contributed by atoms with Crippen molar-refractivity contribution >= 4 is 27.5 Å². The molecular formula is C18H23N3O5S. The third-order valence-corrected chi connectivity index (χ3v) is 5.19. The Hall–Kier alpha value is -2.65. The van der Waals surface area contributed by atoms with Gasteiger partial charge in [0.1, 0.15) is 11.8 Å². The zero-order valence-electron chi connectivity index (χ0n) is 15.4. The largest absolute Gasteiger partial charge is 0.467 e. The number of carbonyl (C=O) groups excluding carboxylic acids is 2. The summed E-state index contributed by atoms with van der Waals surface area (Å²) in [5.41, 5.74) is 0.484. The first-order valence-corrected chi connectivity index (χ1v) is 9.87. The fourth-order valence-corrected chi connectivity index (χ4v) is 3.69. The van der Waals surface area contributed by atoms with Crippen molar-refractivity contribution in [2.75, 3.05) is 5.32 Å². The molecule has 0 aliphatic heterocycles. The molecule has 0 spiro atoms. The van der Waals surface area contributed by atoms with Gasteiger partial charge in [-0.25, -0.2) is 8.42 Å². The van der Waals surface area contributed by atoms with Gasteiger partial charge in [0.15, 0.2) is 0 Å². The molecule has 8 nitrogen and oxygen atoms in total. The summed E-state index contributed by atoms with van der Waals surface area (Å²) in [6, 6.07) is 8.17. The van der Waals surface area contributed by atoms with Crippen molar-refractivity contribution in [1.82, 2.24) is 10.0 Å². The van der Waals surface area contributed by atoms with E-state index in [2.05, 4.69) is 15.4 Å². The molecule has 9 heteroatoms. The molecule has 2 rings (SSSR count). The van der Waals surface area contributed by atoms with E-state index >= 15 is 0 Å². The lowest BCUT2D eigenvalue weighted by Gasteiger charge is -2.21. The SMILES string of the molecule is CC(=O)Nc1ccc(S(=O)(=O)N[C@H](C(=O)NCc2ccco2)C(C)C)cc1. The maximum atomic E-state index is 12.6. The summed E-state index contributed by atoms with van der Waals surface area (Å²) < 4.78 is 32.8. The first-order valence-electron chi connectivity index (χ1n) is 8.39. The number of rotatable bonds is 8. The summed E-state index contributed by atoms with van der Waals surface area (Å²) in [5, 5.41) is 5.23. The van der Waals surface area contributed by atoms with Crippen LogP contribution in [-0.2, 0) is 26.2 Å². The summed E-state index contributed by atoms with van der Waals surface area (Å²) in [7, 11) is -3.91. The van der Waals surface area contributed by atoms with E-state index in [1.807, 2.05) is 0 Å². The van der Waals surface area contributed by atoms with Crippen LogP contribution in [0.2, 0.25) is 0 Å². The van der Waals surface area contributed by atoms with Gasteiger partial charge in [0, 0.05) is 12.6 Å². The minimum absolute atomic E-state index is 0.00101. The highest BCUT2D eigenvalue weighted by molar-refractivity contribution is 7.89. The van der Waals surface area contributed by atoms with Crippen molar-refractivity contribution in [3.05, 3.63) is 48.4 Å². The van der Waals surface area contributed by atoms with Gasteiger partial charge in [-0.15, -0.1) is 0 Å². The first kappa shape index (κ1) is 20.7. The van der Waals surface area contributed by atoms with Gasteiger partial charge in [0.05, 0.1) is 17.7 Å². The molecule has 0 saturated heterocycles. The smallest absolute Gasteiger partial charge is 0.241 e. The van der Waals surface area contributed by atoms with Crippen molar-refractivity contribution < 1.29 is 22.4 Å². The van der Waals surface area contributed by atoms with E-state index in [0.29, 0.717) is 11.4 Å². The van der Waals surface area contributed by atoms with Gasteiger partial charge in [-0.3, -0.25) is 9.59 Å². The normalized spacial score (nSPS) is 12.6. The fourth-order valence-electron chi connectivity index (χ4n) is 2.35.